The van der Waals surface area contributed by atoms with Crippen molar-refractivity contribution in [1.82, 2.24) is 4.90 Å². The lowest BCUT2D eigenvalue weighted by Gasteiger charge is -2.25. The zero-order chi connectivity index (χ0) is 19.4. The lowest BCUT2D eigenvalue weighted by Crippen LogP contribution is -2.34. The van der Waals surface area contributed by atoms with Gasteiger partial charge in [-0.25, -0.2) is 4.79 Å². The number of rotatable bonds is 4. The average Bonchev–Trinajstić information content (AvgIpc) is 2.99. The molecule has 2 heterocycles. The first-order valence-corrected chi connectivity index (χ1v) is 9.92. The summed E-state index contributed by atoms with van der Waals surface area (Å²) in [7, 11) is 0. The van der Waals surface area contributed by atoms with Gasteiger partial charge in [0, 0.05) is 24.0 Å². The summed E-state index contributed by atoms with van der Waals surface area (Å²) >= 11 is 6.84. The van der Waals surface area contributed by atoms with Gasteiger partial charge in [-0.1, -0.05) is 18.2 Å². The molecule has 2 N–H and O–H groups in total. The molecule has 27 heavy (non-hydrogen) atoms. The number of carbonyl (C=O) groups is 2. The van der Waals surface area contributed by atoms with E-state index in [4.69, 9.17) is 17.0 Å². The Kier molecular flexibility index (Phi) is 6.08. The summed E-state index contributed by atoms with van der Waals surface area (Å²) in [6.07, 6.45) is 0.625. The summed E-state index contributed by atoms with van der Waals surface area (Å²) in [5, 5.41) is 7.29. The minimum Gasteiger partial charge on any atom is -0.462 e. The number of esters is 1. The topological polar surface area (TPSA) is 70.7 Å². The molecule has 1 aromatic carbocycles. The zero-order valence-corrected chi connectivity index (χ0v) is 16.8. The Bertz CT molecular complexity index is 865. The second-order valence-corrected chi connectivity index (χ2v) is 7.58. The summed E-state index contributed by atoms with van der Waals surface area (Å²) in [4.78, 5) is 27.0. The number of carbonyl (C=O) groups excluding carboxylic acids is 2. The van der Waals surface area contributed by atoms with Crippen LogP contribution in [0.4, 0.5) is 10.7 Å². The van der Waals surface area contributed by atoms with Crippen molar-refractivity contribution < 1.29 is 14.3 Å². The highest BCUT2D eigenvalue weighted by atomic mass is 32.1. The molecule has 3 rings (SSSR count). The van der Waals surface area contributed by atoms with Crippen LogP contribution in [-0.2, 0) is 22.5 Å². The Balaban J connectivity index is 1.86. The number of thiocarbonyl (C=S) groups is 1. The predicted molar refractivity (Wildman–Crippen MR) is 111 cm³/mol. The highest BCUT2D eigenvalue weighted by Crippen LogP contribution is 2.37. The van der Waals surface area contributed by atoms with Gasteiger partial charge in [-0.05, 0) is 43.3 Å². The molecule has 0 spiro atoms. The van der Waals surface area contributed by atoms with E-state index in [1.54, 1.807) is 18.7 Å². The van der Waals surface area contributed by atoms with Crippen molar-refractivity contribution in [1.29, 1.82) is 0 Å². The first kappa shape index (κ1) is 19.3. The van der Waals surface area contributed by atoms with Crippen LogP contribution in [0.3, 0.4) is 0 Å². The standard InChI is InChI=1S/C19H21N3O3S2/c1-3-25-18(24)16-14-9-10-22(12(2)23)11-15(14)27-17(16)21-19(26)20-13-7-5-4-6-8-13/h4-8H,3,9-11H2,1-2H3,(H2,20,21,26). The number of thiophene rings is 1. The third-order valence-corrected chi connectivity index (χ3v) is 5.58. The van der Waals surface area contributed by atoms with E-state index in [1.807, 2.05) is 30.3 Å². The van der Waals surface area contributed by atoms with Gasteiger partial charge in [0.05, 0.1) is 18.7 Å². The molecule has 142 valence electrons. The van der Waals surface area contributed by atoms with Crippen molar-refractivity contribution >= 4 is 51.2 Å². The fourth-order valence-electron chi connectivity index (χ4n) is 2.97. The Labute approximate surface area is 167 Å². The maximum atomic E-state index is 12.6. The van der Waals surface area contributed by atoms with Crippen LogP contribution in [0, 0.1) is 0 Å². The number of para-hydroxylation sites is 1. The summed E-state index contributed by atoms with van der Waals surface area (Å²) < 4.78 is 5.25. The van der Waals surface area contributed by atoms with Gasteiger partial charge in [0.25, 0.3) is 0 Å². The van der Waals surface area contributed by atoms with Crippen molar-refractivity contribution in [2.24, 2.45) is 0 Å². The number of hydrogen-bond donors (Lipinski definition) is 2. The first-order chi connectivity index (χ1) is 13.0. The molecule has 1 amide bonds. The second kappa shape index (κ2) is 8.49. The van der Waals surface area contributed by atoms with Crippen LogP contribution in [0.2, 0.25) is 0 Å². The van der Waals surface area contributed by atoms with Gasteiger partial charge in [0.2, 0.25) is 5.91 Å². The summed E-state index contributed by atoms with van der Waals surface area (Å²) in [5.74, 6) is -0.334. The average molecular weight is 404 g/mol. The molecule has 8 heteroatoms. The molecule has 0 unspecified atom stereocenters. The summed E-state index contributed by atoms with van der Waals surface area (Å²) in [5.41, 5.74) is 2.33. The van der Waals surface area contributed by atoms with Crippen molar-refractivity contribution in [3.05, 3.63) is 46.3 Å². The van der Waals surface area contributed by atoms with Crippen LogP contribution in [0.15, 0.2) is 30.3 Å². The molecule has 0 aliphatic carbocycles. The predicted octanol–water partition coefficient (Wildman–Crippen LogP) is 3.64. The van der Waals surface area contributed by atoms with Crippen molar-refractivity contribution in [2.45, 2.75) is 26.8 Å². The van der Waals surface area contributed by atoms with Crippen LogP contribution in [-0.4, -0.2) is 35.0 Å². The molecule has 1 aromatic heterocycles. The maximum Gasteiger partial charge on any atom is 0.341 e. The van der Waals surface area contributed by atoms with Crippen molar-refractivity contribution in [3.8, 4) is 0 Å². The largest absolute Gasteiger partial charge is 0.462 e. The highest BCUT2D eigenvalue weighted by Gasteiger charge is 2.29. The molecular weight excluding hydrogens is 382 g/mol. The molecule has 0 bridgehead atoms. The molecular formula is C19H21N3O3S2. The van der Waals surface area contributed by atoms with E-state index in [-0.39, 0.29) is 11.9 Å². The van der Waals surface area contributed by atoms with Gasteiger partial charge in [0.1, 0.15) is 5.00 Å². The van der Waals surface area contributed by atoms with Crippen LogP contribution >= 0.6 is 23.6 Å². The van der Waals surface area contributed by atoms with Crippen molar-refractivity contribution in [2.75, 3.05) is 23.8 Å². The van der Waals surface area contributed by atoms with Crippen molar-refractivity contribution in [3.63, 3.8) is 0 Å². The Hall–Kier alpha value is -2.45. The van der Waals surface area contributed by atoms with E-state index >= 15 is 0 Å². The smallest absolute Gasteiger partial charge is 0.341 e. The number of nitrogens with zero attached hydrogens (tertiary/aromatic N) is 1. The fraction of sp³-hybridized carbons (Fsp3) is 0.316. The second-order valence-electron chi connectivity index (χ2n) is 6.06. The molecule has 1 aliphatic rings. The van der Waals surface area contributed by atoms with E-state index < -0.39 is 0 Å². The van der Waals surface area contributed by atoms with E-state index in [1.165, 1.54) is 11.3 Å². The van der Waals surface area contributed by atoms with E-state index in [0.717, 1.165) is 16.1 Å². The lowest BCUT2D eigenvalue weighted by molar-refractivity contribution is -0.129. The number of fused-ring (bicyclic) bond motifs is 1. The summed E-state index contributed by atoms with van der Waals surface area (Å²) in [6, 6.07) is 9.56. The molecule has 0 saturated heterocycles. The quantitative estimate of drug-likeness (QED) is 0.600. The Morgan fingerprint density at radius 1 is 1.26 bits per heavy atom. The monoisotopic (exact) mass is 403 g/mol. The molecule has 0 saturated carbocycles. The first-order valence-electron chi connectivity index (χ1n) is 8.69. The lowest BCUT2D eigenvalue weighted by atomic mass is 10.0. The fourth-order valence-corrected chi connectivity index (χ4v) is 4.51. The zero-order valence-electron chi connectivity index (χ0n) is 15.2. The number of nitrogens with one attached hydrogen (secondary N) is 2. The molecule has 6 nitrogen and oxygen atoms in total. The number of anilines is 2. The molecule has 0 atom stereocenters. The van der Waals surface area contributed by atoms with Crippen LogP contribution in [0.5, 0.6) is 0 Å². The Morgan fingerprint density at radius 3 is 2.67 bits per heavy atom. The highest BCUT2D eigenvalue weighted by molar-refractivity contribution is 7.80. The number of amides is 1. The maximum absolute atomic E-state index is 12.6. The molecule has 2 aromatic rings. The number of ether oxygens (including phenoxy) is 1. The number of hydrogen-bond acceptors (Lipinski definition) is 5. The van der Waals surface area contributed by atoms with Gasteiger partial charge < -0.3 is 20.3 Å². The van der Waals surface area contributed by atoms with Crippen LogP contribution in [0.25, 0.3) is 0 Å². The van der Waals surface area contributed by atoms with Gasteiger partial charge in [-0.15, -0.1) is 11.3 Å². The Morgan fingerprint density at radius 2 is 2.00 bits per heavy atom. The summed E-state index contributed by atoms with van der Waals surface area (Å²) in [6.45, 7) is 4.74. The minimum atomic E-state index is -0.365. The third-order valence-electron chi connectivity index (χ3n) is 4.24. The van der Waals surface area contributed by atoms with Gasteiger partial charge in [-0.2, -0.15) is 0 Å². The van der Waals surface area contributed by atoms with E-state index in [2.05, 4.69) is 10.6 Å². The van der Waals surface area contributed by atoms with E-state index in [9.17, 15) is 9.59 Å². The SMILES string of the molecule is CCOC(=O)c1c(NC(=S)Nc2ccccc2)sc2c1CCN(C(C)=O)C2. The normalized spacial score (nSPS) is 12.9. The van der Waals surface area contributed by atoms with Crippen LogP contribution in [0.1, 0.15) is 34.6 Å². The molecule has 0 fully saturated rings. The number of benzene rings is 1. The van der Waals surface area contributed by atoms with Crippen LogP contribution < -0.4 is 10.6 Å². The van der Waals surface area contributed by atoms with Gasteiger partial charge in [-0.3, -0.25) is 4.79 Å². The molecule has 1 aliphatic heterocycles. The third kappa shape index (κ3) is 4.45. The van der Waals surface area contributed by atoms with E-state index in [0.29, 0.717) is 41.8 Å². The minimum absolute atomic E-state index is 0.0301. The van der Waals surface area contributed by atoms with Gasteiger partial charge in [0.15, 0.2) is 5.11 Å². The van der Waals surface area contributed by atoms with Gasteiger partial charge >= 0.3 is 5.97 Å². The molecule has 0 radical (unpaired) electrons.